The van der Waals surface area contributed by atoms with Gasteiger partial charge in [-0.25, -0.2) is 0 Å². The Bertz CT molecular complexity index is 972. The molecular weight excluding hydrogens is 362 g/mol. The first-order chi connectivity index (χ1) is 13.2. The fourth-order valence-electron chi connectivity index (χ4n) is 2.43. The summed E-state index contributed by atoms with van der Waals surface area (Å²) in [6.07, 6.45) is 3.58. The number of anilines is 1. The molecular formula is C21H18ClN3O2. The predicted molar refractivity (Wildman–Crippen MR) is 107 cm³/mol. The van der Waals surface area contributed by atoms with Crippen LogP contribution in [0, 0.1) is 11.3 Å². The number of halogens is 1. The van der Waals surface area contributed by atoms with Crippen molar-refractivity contribution in [3.05, 3.63) is 76.3 Å². The Morgan fingerprint density at radius 3 is 2.67 bits per heavy atom. The number of nitriles is 1. The molecule has 1 aromatic heterocycles. The van der Waals surface area contributed by atoms with Crippen molar-refractivity contribution in [1.29, 1.82) is 5.26 Å². The molecule has 1 N–H and O–H groups in total. The average Bonchev–Trinajstić information content (AvgIpc) is 3.09. The van der Waals surface area contributed by atoms with Gasteiger partial charge in [0.1, 0.15) is 11.8 Å². The van der Waals surface area contributed by atoms with Gasteiger partial charge >= 0.3 is 0 Å². The van der Waals surface area contributed by atoms with E-state index in [1.807, 2.05) is 67.6 Å². The molecule has 0 atom stereocenters. The van der Waals surface area contributed by atoms with Crippen molar-refractivity contribution in [2.45, 2.75) is 13.5 Å². The highest BCUT2D eigenvalue weighted by molar-refractivity contribution is 6.31. The lowest BCUT2D eigenvalue weighted by Gasteiger charge is -2.04. The number of benzene rings is 2. The maximum Gasteiger partial charge on any atom is 0.232 e. The van der Waals surface area contributed by atoms with E-state index >= 15 is 0 Å². The first-order valence-electron chi connectivity index (χ1n) is 8.48. The minimum atomic E-state index is 0.202. The number of rotatable bonds is 7. The van der Waals surface area contributed by atoms with E-state index in [0.717, 1.165) is 16.9 Å². The van der Waals surface area contributed by atoms with Crippen LogP contribution in [-0.4, -0.2) is 11.6 Å². The number of ether oxygens (including phenoxy) is 1. The molecule has 3 aromatic rings. The topological polar surface area (TPSA) is 71.1 Å². The second kappa shape index (κ2) is 8.93. The Hall–Kier alpha value is -3.23. The molecule has 0 unspecified atom stereocenters. The summed E-state index contributed by atoms with van der Waals surface area (Å²) in [6, 6.07) is 17.2. The Labute approximate surface area is 162 Å². The summed E-state index contributed by atoms with van der Waals surface area (Å²) in [5, 5.41) is 13.0. The third-order valence-corrected chi connectivity index (χ3v) is 4.13. The Kier molecular flexibility index (Phi) is 6.14. The summed E-state index contributed by atoms with van der Waals surface area (Å²) >= 11 is 6.15. The summed E-state index contributed by atoms with van der Waals surface area (Å²) in [5.41, 5.74) is 2.08. The van der Waals surface area contributed by atoms with Gasteiger partial charge in [-0.05, 0) is 42.3 Å². The van der Waals surface area contributed by atoms with E-state index in [-0.39, 0.29) is 5.69 Å². The molecule has 6 heteroatoms. The molecule has 3 rings (SSSR count). The second-order valence-electron chi connectivity index (χ2n) is 5.62. The van der Waals surface area contributed by atoms with Crippen LogP contribution in [0.4, 0.5) is 5.88 Å². The van der Waals surface area contributed by atoms with E-state index < -0.39 is 0 Å². The van der Waals surface area contributed by atoms with E-state index in [4.69, 9.17) is 20.8 Å². The first-order valence-corrected chi connectivity index (χ1v) is 8.86. The van der Waals surface area contributed by atoms with E-state index in [0.29, 0.717) is 29.9 Å². The van der Waals surface area contributed by atoms with E-state index in [1.54, 1.807) is 6.08 Å². The highest BCUT2D eigenvalue weighted by Gasteiger charge is 2.11. The van der Waals surface area contributed by atoms with Crippen LogP contribution >= 0.6 is 11.6 Å². The third kappa shape index (κ3) is 4.90. The standard InChI is InChI=1S/C21H18ClN3O2/c1-2-26-17-10-7-15(8-11-17)9-12-20-25-19(13-23)21(27-20)24-14-16-5-3-4-6-18(16)22/h3-12,24H,2,14H2,1H3/b12-9+. The normalized spacial score (nSPS) is 10.7. The van der Waals surface area contributed by atoms with Gasteiger partial charge in [-0.15, -0.1) is 0 Å². The summed E-state index contributed by atoms with van der Waals surface area (Å²) in [4.78, 5) is 4.19. The van der Waals surface area contributed by atoms with Crippen molar-refractivity contribution in [1.82, 2.24) is 4.98 Å². The molecule has 0 bridgehead atoms. The molecule has 27 heavy (non-hydrogen) atoms. The van der Waals surface area contributed by atoms with Crippen LogP contribution in [-0.2, 0) is 6.54 Å². The summed E-state index contributed by atoms with van der Waals surface area (Å²) in [6.45, 7) is 3.01. The van der Waals surface area contributed by atoms with Gasteiger partial charge in [0.25, 0.3) is 0 Å². The minimum Gasteiger partial charge on any atom is -0.494 e. The lowest BCUT2D eigenvalue weighted by atomic mass is 10.2. The van der Waals surface area contributed by atoms with Crippen molar-refractivity contribution in [2.75, 3.05) is 11.9 Å². The zero-order chi connectivity index (χ0) is 19.1. The smallest absolute Gasteiger partial charge is 0.232 e. The Morgan fingerprint density at radius 2 is 1.96 bits per heavy atom. The lowest BCUT2D eigenvalue weighted by molar-refractivity contribution is 0.340. The number of nitrogens with one attached hydrogen (secondary N) is 1. The SMILES string of the molecule is CCOc1ccc(/C=C/c2nc(C#N)c(NCc3ccccc3Cl)o2)cc1. The van der Waals surface area contributed by atoms with Gasteiger partial charge in [-0.1, -0.05) is 41.9 Å². The molecule has 5 nitrogen and oxygen atoms in total. The Balaban J connectivity index is 1.70. The van der Waals surface area contributed by atoms with Gasteiger partial charge in [0.05, 0.1) is 6.61 Å². The van der Waals surface area contributed by atoms with Crippen molar-refractivity contribution in [2.24, 2.45) is 0 Å². The maximum absolute atomic E-state index is 9.27. The van der Waals surface area contributed by atoms with E-state index in [2.05, 4.69) is 10.3 Å². The zero-order valence-corrected chi connectivity index (χ0v) is 15.5. The average molecular weight is 380 g/mol. The molecule has 136 valence electrons. The largest absolute Gasteiger partial charge is 0.494 e. The molecule has 0 fully saturated rings. The predicted octanol–water partition coefficient (Wildman–Crippen LogP) is 5.38. The third-order valence-electron chi connectivity index (χ3n) is 3.76. The van der Waals surface area contributed by atoms with Crippen LogP contribution in [0.1, 0.15) is 29.6 Å². The molecule has 2 aromatic carbocycles. The molecule has 0 aliphatic rings. The van der Waals surface area contributed by atoms with Crippen molar-refractivity contribution in [3.8, 4) is 11.8 Å². The van der Waals surface area contributed by atoms with Crippen LogP contribution in [0.15, 0.2) is 52.9 Å². The van der Waals surface area contributed by atoms with Gasteiger partial charge in [0, 0.05) is 17.6 Å². The van der Waals surface area contributed by atoms with Gasteiger partial charge in [0.15, 0.2) is 0 Å². The van der Waals surface area contributed by atoms with Crippen LogP contribution in [0.25, 0.3) is 12.2 Å². The summed E-state index contributed by atoms with van der Waals surface area (Å²) < 4.78 is 11.1. The molecule has 0 saturated carbocycles. The maximum atomic E-state index is 9.27. The van der Waals surface area contributed by atoms with Crippen LogP contribution in [0.5, 0.6) is 5.75 Å². The first kappa shape index (κ1) is 18.6. The van der Waals surface area contributed by atoms with Crippen LogP contribution in [0.2, 0.25) is 5.02 Å². The number of hydrogen-bond donors (Lipinski definition) is 1. The molecule has 0 amide bonds. The van der Waals surface area contributed by atoms with E-state index in [1.165, 1.54) is 0 Å². The van der Waals surface area contributed by atoms with Gasteiger partial charge in [0.2, 0.25) is 17.5 Å². The molecule has 1 heterocycles. The number of aromatic nitrogens is 1. The summed E-state index contributed by atoms with van der Waals surface area (Å²) in [5.74, 6) is 1.49. The highest BCUT2D eigenvalue weighted by atomic mass is 35.5. The minimum absolute atomic E-state index is 0.202. The van der Waals surface area contributed by atoms with Crippen molar-refractivity contribution < 1.29 is 9.15 Å². The molecule has 0 saturated heterocycles. The highest BCUT2D eigenvalue weighted by Crippen LogP contribution is 2.22. The number of nitrogens with zero attached hydrogens (tertiary/aromatic N) is 2. The van der Waals surface area contributed by atoms with Crippen LogP contribution < -0.4 is 10.1 Å². The molecule has 0 aliphatic heterocycles. The van der Waals surface area contributed by atoms with Crippen molar-refractivity contribution in [3.63, 3.8) is 0 Å². The van der Waals surface area contributed by atoms with E-state index in [9.17, 15) is 5.26 Å². The summed E-state index contributed by atoms with van der Waals surface area (Å²) in [7, 11) is 0. The molecule has 0 spiro atoms. The fourth-order valence-corrected chi connectivity index (χ4v) is 2.63. The van der Waals surface area contributed by atoms with Gasteiger partial charge in [-0.2, -0.15) is 10.2 Å². The lowest BCUT2D eigenvalue weighted by Crippen LogP contribution is -2.00. The number of hydrogen-bond acceptors (Lipinski definition) is 5. The van der Waals surface area contributed by atoms with Crippen molar-refractivity contribution >= 4 is 29.6 Å². The fraction of sp³-hybridized carbons (Fsp3) is 0.143. The second-order valence-corrected chi connectivity index (χ2v) is 6.03. The zero-order valence-electron chi connectivity index (χ0n) is 14.8. The van der Waals surface area contributed by atoms with Crippen LogP contribution in [0.3, 0.4) is 0 Å². The van der Waals surface area contributed by atoms with Gasteiger partial charge in [-0.3, -0.25) is 0 Å². The van der Waals surface area contributed by atoms with Gasteiger partial charge < -0.3 is 14.5 Å². The Morgan fingerprint density at radius 1 is 1.19 bits per heavy atom. The quantitative estimate of drug-likeness (QED) is 0.596. The molecule has 0 aliphatic carbocycles. The number of oxazole rings is 1. The molecule has 0 radical (unpaired) electrons. The monoisotopic (exact) mass is 379 g/mol.